The number of hydrogen-bond acceptors (Lipinski definition) is 11. The lowest BCUT2D eigenvalue weighted by Crippen LogP contribution is -2.24. The minimum Gasteiger partial charge on any atom is -0.476 e. The van der Waals surface area contributed by atoms with Gasteiger partial charge >= 0.3 is 11.9 Å². The number of esters is 1. The monoisotopic (exact) mass is 633 g/mol. The number of aliphatic hydroxyl groups is 1. The van der Waals surface area contributed by atoms with Crippen LogP contribution < -0.4 is 16.0 Å². The van der Waals surface area contributed by atoms with Crippen molar-refractivity contribution in [2.24, 2.45) is 0 Å². The third kappa shape index (κ3) is 9.55. The third-order valence-corrected chi connectivity index (χ3v) is 6.40. The molecule has 4 aromatic rings. The second-order valence-corrected chi connectivity index (χ2v) is 9.83. The van der Waals surface area contributed by atoms with Crippen LogP contribution in [0.2, 0.25) is 0 Å². The molecule has 0 bridgehead atoms. The van der Waals surface area contributed by atoms with Crippen molar-refractivity contribution in [2.75, 3.05) is 17.2 Å². The van der Waals surface area contributed by atoms with E-state index in [0.717, 1.165) is 0 Å². The predicted molar refractivity (Wildman–Crippen MR) is 160 cm³/mol. The van der Waals surface area contributed by atoms with Gasteiger partial charge in [0.1, 0.15) is 5.69 Å². The van der Waals surface area contributed by atoms with Crippen LogP contribution in [0, 0.1) is 0 Å². The van der Waals surface area contributed by atoms with Crippen molar-refractivity contribution in [2.45, 2.75) is 45.4 Å². The minimum absolute atomic E-state index is 0.0585. The van der Waals surface area contributed by atoms with Gasteiger partial charge in [0.15, 0.2) is 17.6 Å². The first-order chi connectivity index (χ1) is 22.1. The fourth-order valence-electron chi connectivity index (χ4n) is 4.03. The minimum atomic E-state index is -1.41. The number of carbonyl (C=O) groups excluding carboxylic acids is 4. The molecular weight excluding hydrogens is 602 g/mol. The first-order valence-electron chi connectivity index (χ1n) is 14.1. The van der Waals surface area contributed by atoms with Gasteiger partial charge in [-0.05, 0) is 48.9 Å². The maximum absolute atomic E-state index is 12.3. The molecule has 2 aromatic carbocycles. The summed E-state index contributed by atoms with van der Waals surface area (Å²) < 4.78 is 11.3. The van der Waals surface area contributed by atoms with E-state index in [1.165, 1.54) is 22.9 Å². The normalized spacial score (nSPS) is 11.3. The van der Waals surface area contributed by atoms with Crippen molar-refractivity contribution in [3.63, 3.8) is 0 Å². The number of rotatable bonds is 15. The summed E-state index contributed by atoms with van der Waals surface area (Å²) in [4.78, 5) is 59.5. The third-order valence-electron chi connectivity index (χ3n) is 6.40. The Morgan fingerprint density at radius 2 is 1.54 bits per heavy atom. The Labute approximate surface area is 261 Å². The molecule has 46 heavy (non-hydrogen) atoms. The highest BCUT2D eigenvalue weighted by Crippen LogP contribution is 2.23. The molecule has 5 N–H and O–H groups in total. The van der Waals surface area contributed by atoms with Gasteiger partial charge in [-0.2, -0.15) is 0 Å². The molecule has 2 aromatic heterocycles. The van der Waals surface area contributed by atoms with Crippen LogP contribution in [-0.2, 0) is 37.0 Å². The molecule has 3 amide bonds. The second kappa shape index (κ2) is 15.7. The molecule has 0 spiro atoms. The Morgan fingerprint density at radius 3 is 2.17 bits per heavy atom. The number of nitrogens with one attached hydrogen (secondary N) is 3. The van der Waals surface area contributed by atoms with Gasteiger partial charge in [-0.1, -0.05) is 22.5 Å². The standard InChI is InChI=1S/C30H31N7O9/c1-2-45-30(44)28(41)19-5-9-21(10-6-19)33-27(40)13-14-37-17-22(34-36-37)16-31-25(38)11-12-26(39)32-20-7-3-18(4-8-20)24-15-23(29(42)43)35-46-24/h3-10,15,17,28,41H,2,11-14,16H2,1H3,(H,31,38)(H,32,39)(H,33,40)(H,42,43). The number of aromatic carboxylic acids is 1. The summed E-state index contributed by atoms with van der Waals surface area (Å²) in [6, 6.07) is 14.0. The summed E-state index contributed by atoms with van der Waals surface area (Å²) in [7, 11) is 0. The van der Waals surface area contributed by atoms with E-state index >= 15 is 0 Å². The molecule has 2 heterocycles. The number of carboxylic acid groups (broad SMARTS) is 1. The van der Waals surface area contributed by atoms with Crippen LogP contribution in [0.4, 0.5) is 11.4 Å². The van der Waals surface area contributed by atoms with E-state index in [0.29, 0.717) is 28.2 Å². The van der Waals surface area contributed by atoms with Crippen LogP contribution >= 0.6 is 0 Å². The van der Waals surface area contributed by atoms with Crippen molar-refractivity contribution >= 4 is 41.0 Å². The van der Waals surface area contributed by atoms with Gasteiger partial charge < -0.3 is 35.4 Å². The molecule has 0 aliphatic heterocycles. The number of benzene rings is 2. The molecule has 0 saturated heterocycles. The molecule has 1 unspecified atom stereocenters. The summed E-state index contributed by atoms with van der Waals surface area (Å²) in [5.41, 5.74) is 2.15. The van der Waals surface area contributed by atoms with Crippen molar-refractivity contribution < 1.29 is 43.4 Å². The van der Waals surface area contributed by atoms with Crippen LogP contribution in [0.1, 0.15) is 54.0 Å². The Balaban J connectivity index is 1.13. The molecule has 240 valence electrons. The Bertz CT molecular complexity index is 1680. The molecule has 1 atom stereocenters. The highest BCUT2D eigenvalue weighted by atomic mass is 16.5. The van der Waals surface area contributed by atoms with Crippen molar-refractivity contribution in [1.82, 2.24) is 25.5 Å². The Kier molecular flexibility index (Phi) is 11.3. The van der Waals surface area contributed by atoms with Crippen LogP contribution in [0.15, 0.2) is 65.3 Å². The fourth-order valence-corrected chi connectivity index (χ4v) is 4.03. The number of nitrogens with zero attached hydrogens (tertiary/aromatic N) is 4. The number of anilines is 2. The quantitative estimate of drug-likeness (QED) is 0.119. The van der Waals surface area contributed by atoms with E-state index in [-0.39, 0.29) is 68.1 Å². The van der Waals surface area contributed by atoms with Crippen molar-refractivity contribution in [3.05, 3.63) is 77.7 Å². The lowest BCUT2D eigenvalue weighted by atomic mass is 10.1. The van der Waals surface area contributed by atoms with Gasteiger partial charge in [0.05, 0.1) is 25.9 Å². The van der Waals surface area contributed by atoms with Gasteiger partial charge in [0.25, 0.3) is 0 Å². The van der Waals surface area contributed by atoms with Crippen LogP contribution in [-0.4, -0.2) is 66.6 Å². The fraction of sp³-hybridized carbons (Fsp3) is 0.267. The number of carboxylic acids is 1. The summed E-state index contributed by atoms with van der Waals surface area (Å²) in [5, 5.41) is 38.4. The zero-order valence-corrected chi connectivity index (χ0v) is 24.6. The Hall–Kier alpha value is -5.90. The lowest BCUT2D eigenvalue weighted by Gasteiger charge is -2.11. The molecule has 0 radical (unpaired) electrons. The number of ether oxygens (including phenoxy) is 1. The molecule has 0 fully saturated rings. The van der Waals surface area contributed by atoms with E-state index in [4.69, 9.17) is 14.4 Å². The molecule has 0 aliphatic carbocycles. The highest BCUT2D eigenvalue weighted by Gasteiger charge is 2.18. The first kappa shape index (κ1) is 33.0. The number of aryl methyl sites for hydroxylation is 1. The summed E-state index contributed by atoms with van der Waals surface area (Å²) in [6.45, 7) is 2.11. The molecule has 4 rings (SSSR count). The number of hydrogen-bond donors (Lipinski definition) is 5. The number of amides is 3. The van der Waals surface area contributed by atoms with Crippen molar-refractivity contribution in [3.8, 4) is 11.3 Å². The topological polar surface area (TPSA) is 228 Å². The molecular formula is C30H31N7O9. The van der Waals surface area contributed by atoms with Crippen LogP contribution in [0.3, 0.4) is 0 Å². The predicted octanol–water partition coefficient (Wildman–Crippen LogP) is 2.29. The molecule has 16 nitrogen and oxygen atoms in total. The zero-order chi connectivity index (χ0) is 33.1. The highest BCUT2D eigenvalue weighted by molar-refractivity contribution is 5.93. The van der Waals surface area contributed by atoms with Gasteiger partial charge in [0.2, 0.25) is 17.7 Å². The van der Waals surface area contributed by atoms with E-state index in [2.05, 4.69) is 31.4 Å². The van der Waals surface area contributed by atoms with E-state index in [1.807, 2.05) is 0 Å². The van der Waals surface area contributed by atoms with Gasteiger partial charge in [-0.15, -0.1) is 5.10 Å². The van der Waals surface area contributed by atoms with Gasteiger partial charge in [-0.3, -0.25) is 19.1 Å². The first-order valence-corrected chi connectivity index (χ1v) is 14.1. The van der Waals surface area contributed by atoms with E-state index in [1.54, 1.807) is 49.5 Å². The number of aliphatic hydroxyl groups excluding tert-OH is 1. The van der Waals surface area contributed by atoms with Gasteiger partial charge in [-0.25, -0.2) is 9.59 Å². The maximum atomic E-state index is 12.3. The SMILES string of the molecule is CCOC(=O)C(O)c1ccc(NC(=O)CCn2cc(CNC(=O)CCC(=O)Nc3ccc(-c4cc(C(=O)O)no4)cc3)nn2)cc1. The summed E-state index contributed by atoms with van der Waals surface area (Å²) in [5.74, 6) is -2.70. The van der Waals surface area contributed by atoms with E-state index in [9.17, 15) is 29.1 Å². The lowest BCUT2D eigenvalue weighted by molar-refractivity contribution is -0.153. The smallest absolute Gasteiger partial charge is 0.358 e. The second-order valence-electron chi connectivity index (χ2n) is 9.83. The number of aromatic nitrogens is 4. The van der Waals surface area contributed by atoms with Gasteiger partial charge in [0, 0.05) is 42.3 Å². The average Bonchev–Trinajstić information content (AvgIpc) is 3.73. The van der Waals surface area contributed by atoms with E-state index < -0.39 is 18.0 Å². The average molecular weight is 634 g/mol. The van der Waals surface area contributed by atoms with Crippen LogP contribution in [0.5, 0.6) is 0 Å². The zero-order valence-electron chi connectivity index (χ0n) is 24.6. The largest absolute Gasteiger partial charge is 0.476 e. The molecule has 16 heteroatoms. The molecule has 0 aliphatic rings. The van der Waals surface area contributed by atoms with Crippen LogP contribution in [0.25, 0.3) is 11.3 Å². The number of carbonyl (C=O) groups is 5. The van der Waals surface area contributed by atoms with Crippen molar-refractivity contribution in [1.29, 1.82) is 0 Å². The Morgan fingerprint density at radius 1 is 0.913 bits per heavy atom. The molecule has 0 saturated carbocycles. The summed E-state index contributed by atoms with van der Waals surface area (Å²) in [6.07, 6.45) is 0.158. The maximum Gasteiger partial charge on any atom is 0.358 e. The summed E-state index contributed by atoms with van der Waals surface area (Å²) >= 11 is 0.